The van der Waals surface area contributed by atoms with Crippen LogP contribution in [0.5, 0.6) is 0 Å². The van der Waals surface area contributed by atoms with Crippen LogP contribution in [0.15, 0.2) is 30.3 Å². The molecule has 0 bridgehead atoms. The number of anilines is 1. The maximum absolute atomic E-state index is 11.3. The third-order valence-corrected chi connectivity index (χ3v) is 2.08. The SMILES string of the molecule is CCCCOC(=O)NN(C=O)c1ccccc1. The Hall–Kier alpha value is -2.04. The highest BCUT2D eigenvalue weighted by molar-refractivity contribution is 5.81. The molecule has 0 atom stereocenters. The van der Waals surface area contributed by atoms with Gasteiger partial charge in [0.2, 0.25) is 6.41 Å². The zero-order valence-corrected chi connectivity index (χ0v) is 9.76. The highest BCUT2D eigenvalue weighted by Gasteiger charge is 2.09. The molecule has 1 aromatic carbocycles. The zero-order valence-electron chi connectivity index (χ0n) is 9.76. The molecule has 5 nitrogen and oxygen atoms in total. The monoisotopic (exact) mass is 236 g/mol. The van der Waals surface area contributed by atoms with E-state index in [-0.39, 0.29) is 0 Å². The van der Waals surface area contributed by atoms with Gasteiger partial charge < -0.3 is 4.74 Å². The van der Waals surface area contributed by atoms with Gasteiger partial charge in [-0.15, -0.1) is 0 Å². The lowest BCUT2D eigenvalue weighted by Gasteiger charge is -2.17. The first-order valence-corrected chi connectivity index (χ1v) is 5.51. The number of rotatable bonds is 6. The summed E-state index contributed by atoms with van der Waals surface area (Å²) in [7, 11) is 0. The molecule has 0 radical (unpaired) electrons. The fourth-order valence-corrected chi connectivity index (χ4v) is 1.18. The van der Waals surface area contributed by atoms with Crippen molar-refractivity contribution in [2.75, 3.05) is 11.6 Å². The fraction of sp³-hybridized carbons (Fsp3) is 0.333. The Labute approximate surface area is 100 Å². The van der Waals surface area contributed by atoms with E-state index in [0.29, 0.717) is 18.7 Å². The van der Waals surface area contributed by atoms with Crippen molar-refractivity contribution >= 4 is 18.2 Å². The lowest BCUT2D eigenvalue weighted by atomic mass is 10.3. The second-order valence-corrected chi connectivity index (χ2v) is 3.41. The lowest BCUT2D eigenvalue weighted by Crippen LogP contribution is -2.41. The Morgan fingerprint density at radius 1 is 1.41 bits per heavy atom. The Morgan fingerprint density at radius 3 is 2.71 bits per heavy atom. The van der Waals surface area contributed by atoms with Crippen molar-refractivity contribution in [1.29, 1.82) is 0 Å². The summed E-state index contributed by atoms with van der Waals surface area (Å²) in [5.41, 5.74) is 2.92. The predicted molar refractivity (Wildman–Crippen MR) is 64.4 cm³/mol. The van der Waals surface area contributed by atoms with Gasteiger partial charge in [0.15, 0.2) is 0 Å². The number of unbranched alkanes of at least 4 members (excludes halogenated alkanes) is 1. The quantitative estimate of drug-likeness (QED) is 0.467. The summed E-state index contributed by atoms with van der Waals surface area (Å²) >= 11 is 0. The van der Waals surface area contributed by atoms with E-state index in [1.807, 2.05) is 13.0 Å². The molecule has 0 heterocycles. The van der Waals surface area contributed by atoms with Crippen LogP contribution >= 0.6 is 0 Å². The van der Waals surface area contributed by atoms with Crippen molar-refractivity contribution in [2.45, 2.75) is 19.8 Å². The molecule has 0 aliphatic heterocycles. The molecular weight excluding hydrogens is 220 g/mol. The number of hydrogen-bond acceptors (Lipinski definition) is 3. The Bertz CT molecular complexity index is 354. The molecule has 0 saturated heterocycles. The van der Waals surface area contributed by atoms with Gasteiger partial charge in [0.05, 0.1) is 12.3 Å². The fourth-order valence-electron chi connectivity index (χ4n) is 1.18. The average Bonchev–Trinajstić information content (AvgIpc) is 2.37. The molecule has 0 saturated carbocycles. The van der Waals surface area contributed by atoms with Crippen LogP contribution in [0.3, 0.4) is 0 Å². The minimum Gasteiger partial charge on any atom is -0.448 e. The van der Waals surface area contributed by atoms with Gasteiger partial charge in [-0.05, 0) is 18.6 Å². The largest absolute Gasteiger partial charge is 0.448 e. The smallest absolute Gasteiger partial charge is 0.426 e. The normalized spacial score (nSPS) is 9.47. The van der Waals surface area contributed by atoms with Gasteiger partial charge in [-0.2, -0.15) is 0 Å². The summed E-state index contributed by atoms with van der Waals surface area (Å²) < 4.78 is 4.89. The highest BCUT2D eigenvalue weighted by atomic mass is 16.6. The Kier molecular flexibility index (Phi) is 5.57. The minimum absolute atomic E-state index is 0.351. The van der Waals surface area contributed by atoms with Gasteiger partial charge in [0.1, 0.15) is 0 Å². The molecule has 17 heavy (non-hydrogen) atoms. The number of hydrogen-bond donors (Lipinski definition) is 1. The molecule has 0 unspecified atom stereocenters. The number of benzene rings is 1. The van der Waals surface area contributed by atoms with Crippen molar-refractivity contribution in [3.63, 3.8) is 0 Å². The molecule has 2 amide bonds. The number of carbonyl (C=O) groups excluding carboxylic acids is 2. The van der Waals surface area contributed by atoms with Crippen LogP contribution in [-0.4, -0.2) is 19.1 Å². The molecule has 0 aliphatic carbocycles. The standard InChI is InChI=1S/C12H16N2O3/c1-2-3-9-17-12(16)13-14(10-15)11-7-5-4-6-8-11/h4-8,10H,2-3,9H2,1H3,(H,13,16). The molecule has 0 spiro atoms. The van der Waals surface area contributed by atoms with E-state index in [0.717, 1.165) is 17.9 Å². The summed E-state index contributed by atoms with van der Waals surface area (Å²) in [5, 5.41) is 1.08. The van der Waals surface area contributed by atoms with E-state index in [2.05, 4.69) is 5.43 Å². The van der Waals surface area contributed by atoms with Crippen LogP contribution in [0, 0.1) is 0 Å². The van der Waals surface area contributed by atoms with Crippen LogP contribution in [-0.2, 0) is 9.53 Å². The van der Waals surface area contributed by atoms with Gasteiger partial charge in [-0.25, -0.2) is 15.2 Å². The molecule has 92 valence electrons. The molecule has 1 N–H and O–H groups in total. The van der Waals surface area contributed by atoms with E-state index < -0.39 is 6.09 Å². The van der Waals surface area contributed by atoms with Crippen molar-refractivity contribution in [3.05, 3.63) is 30.3 Å². The second-order valence-electron chi connectivity index (χ2n) is 3.41. The first-order valence-electron chi connectivity index (χ1n) is 5.51. The summed E-state index contributed by atoms with van der Waals surface area (Å²) in [6.07, 6.45) is 1.65. The number of ether oxygens (including phenoxy) is 1. The summed E-state index contributed by atoms with van der Waals surface area (Å²) in [5.74, 6) is 0. The average molecular weight is 236 g/mol. The van der Waals surface area contributed by atoms with Gasteiger partial charge in [0.25, 0.3) is 0 Å². The molecule has 1 aromatic rings. The number of carbonyl (C=O) groups is 2. The topological polar surface area (TPSA) is 58.6 Å². The predicted octanol–water partition coefficient (Wildman–Crippen LogP) is 2.09. The Morgan fingerprint density at radius 2 is 2.12 bits per heavy atom. The number of para-hydroxylation sites is 1. The minimum atomic E-state index is -0.630. The van der Waals surface area contributed by atoms with Crippen molar-refractivity contribution < 1.29 is 14.3 Å². The summed E-state index contributed by atoms with van der Waals surface area (Å²) in [6.45, 7) is 2.35. The third-order valence-electron chi connectivity index (χ3n) is 2.08. The van der Waals surface area contributed by atoms with Gasteiger partial charge in [-0.3, -0.25) is 4.79 Å². The van der Waals surface area contributed by atoms with E-state index in [1.165, 1.54) is 0 Å². The van der Waals surface area contributed by atoms with Crippen LogP contribution < -0.4 is 10.4 Å². The highest BCUT2D eigenvalue weighted by Crippen LogP contribution is 2.08. The lowest BCUT2D eigenvalue weighted by molar-refractivity contribution is -0.108. The van der Waals surface area contributed by atoms with Gasteiger partial charge in [0, 0.05) is 0 Å². The summed E-state index contributed by atoms with van der Waals surface area (Å²) in [4.78, 5) is 22.2. The first-order chi connectivity index (χ1) is 8.27. The number of amides is 2. The molecule has 0 aliphatic rings. The van der Waals surface area contributed by atoms with E-state index >= 15 is 0 Å². The van der Waals surface area contributed by atoms with Crippen LogP contribution in [0.1, 0.15) is 19.8 Å². The summed E-state index contributed by atoms with van der Waals surface area (Å²) in [6, 6.07) is 8.79. The van der Waals surface area contributed by atoms with E-state index in [1.54, 1.807) is 24.3 Å². The number of hydrazine groups is 1. The Balaban J connectivity index is 2.47. The molecule has 1 rings (SSSR count). The van der Waals surface area contributed by atoms with Crippen molar-refractivity contribution in [3.8, 4) is 0 Å². The van der Waals surface area contributed by atoms with Crippen molar-refractivity contribution in [2.24, 2.45) is 0 Å². The van der Waals surface area contributed by atoms with E-state index in [9.17, 15) is 9.59 Å². The van der Waals surface area contributed by atoms with Gasteiger partial charge >= 0.3 is 6.09 Å². The molecule has 0 fully saturated rings. The number of nitrogens with zero attached hydrogens (tertiary/aromatic N) is 1. The van der Waals surface area contributed by atoms with E-state index in [4.69, 9.17) is 4.74 Å². The van der Waals surface area contributed by atoms with Gasteiger partial charge in [-0.1, -0.05) is 31.5 Å². The first kappa shape index (κ1) is 13.0. The van der Waals surface area contributed by atoms with Crippen LogP contribution in [0.4, 0.5) is 10.5 Å². The maximum atomic E-state index is 11.3. The number of nitrogens with one attached hydrogen (secondary N) is 1. The zero-order chi connectivity index (χ0) is 12.5. The van der Waals surface area contributed by atoms with Crippen LogP contribution in [0.2, 0.25) is 0 Å². The molecular formula is C12H16N2O3. The second kappa shape index (κ2) is 7.27. The van der Waals surface area contributed by atoms with Crippen LogP contribution in [0.25, 0.3) is 0 Å². The van der Waals surface area contributed by atoms with Crippen molar-refractivity contribution in [1.82, 2.24) is 5.43 Å². The third kappa shape index (κ3) is 4.55. The maximum Gasteiger partial charge on any atom is 0.426 e. The molecule has 5 heteroatoms. The molecule has 0 aromatic heterocycles.